The molecule has 1 atom stereocenters. The molecule has 2 N–H and O–H groups in total. The highest BCUT2D eigenvalue weighted by molar-refractivity contribution is 5.88. The average molecular weight is 289 g/mol. The van der Waals surface area contributed by atoms with E-state index in [-0.39, 0.29) is 24.1 Å². The van der Waals surface area contributed by atoms with E-state index in [4.69, 9.17) is 14.3 Å². The molecule has 0 aliphatic rings. The number of ether oxygens (including phenoxy) is 1. The van der Waals surface area contributed by atoms with Crippen molar-refractivity contribution in [2.24, 2.45) is 0 Å². The maximum Gasteiger partial charge on any atom is 0.335 e. The van der Waals surface area contributed by atoms with Gasteiger partial charge in [0.25, 0.3) is 5.91 Å². The van der Waals surface area contributed by atoms with Crippen LogP contribution in [0.25, 0.3) is 0 Å². The molecule has 0 aliphatic carbocycles. The van der Waals surface area contributed by atoms with Crippen molar-refractivity contribution in [1.29, 1.82) is 0 Å². The third-order valence-electron chi connectivity index (χ3n) is 2.80. The van der Waals surface area contributed by atoms with Crippen LogP contribution >= 0.6 is 0 Å². The summed E-state index contributed by atoms with van der Waals surface area (Å²) in [5, 5.41) is 11.6. The highest BCUT2D eigenvalue weighted by Crippen LogP contribution is 2.14. The summed E-state index contributed by atoms with van der Waals surface area (Å²) in [4.78, 5) is 22.6. The molecular formula is C15H15NO5. The fraction of sp³-hybridized carbons (Fsp3) is 0.200. The lowest BCUT2D eigenvalue weighted by atomic mass is 10.2. The van der Waals surface area contributed by atoms with Gasteiger partial charge in [-0.3, -0.25) is 4.79 Å². The van der Waals surface area contributed by atoms with Crippen molar-refractivity contribution in [3.05, 3.63) is 54.0 Å². The Morgan fingerprint density at radius 3 is 2.81 bits per heavy atom. The van der Waals surface area contributed by atoms with Gasteiger partial charge in [-0.25, -0.2) is 4.79 Å². The van der Waals surface area contributed by atoms with E-state index >= 15 is 0 Å². The number of aromatic carboxylic acids is 1. The van der Waals surface area contributed by atoms with Crippen LogP contribution in [-0.4, -0.2) is 23.6 Å². The molecule has 0 aliphatic heterocycles. The molecule has 0 radical (unpaired) electrons. The number of amides is 1. The third-order valence-corrected chi connectivity index (χ3v) is 2.80. The zero-order valence-electron chi connectivity index (χ0n) is 11.4. The molecule has 1 aromatic carbocycles. The third kappa shape index (κ3) is 4.10. The number of carboxylic acids is 1. The Morgan fingerprint density at radius 1 is 1.33 bits per heavy atom. The van der Waals surface area contributed by atoms with E-state index in [1.54, 1.807) is 31.2 Å². The minimum absolute atomic E-state index is 0.108. The molecule has 6 heteroatoms. The van der Waals surface area contributed by atoms with E-state index in [1.807, 2.05) is 0 Å². The summed E-state index contributed by atoms with van der Waals surface area (Å²) in [5.41, 5.74) is 0.108. The van der Waals surface area contributed by atoms with Crippen LogP contribution in [0.5, 0.6) is 5.75 Å². The van der Waals surface area contributed by atoms with Gasteiger partial charge in [0.1, 0.15) is 11.5 Å². The van der Waals surface area contributed by atoms with Crippen LogP contribution in [0, 0.1) is 0 Å². The Balaban J connectivity index is 1.86. The number of benzene rings is 1. The second kappa shape index (κ2) is 6.60. The first-order chi connectivity index (χ1) is 10.1. The Morgan fingerprint density at radius 2 is 2.14 bits per heavy atom. The topological polar surface area (TPSA) is 88.8 Å². The summed E-state index contributed by atoms with van der Waals surface area (Å²) in [7, 11) is 0. The number of carbonyl (C=O) groups is 2. The summed E-state index contributed by atoms with van der Waals surface area (Å²) >= 11 is 0. The van der Waals surface area contributed by atoms with E-state index in [0.29, 0.717) is 11.5 Å². The lowest BCUT2D eigenvalue weighted by molar-refractivity contribution is -0.123. The second-order valence-electron chi connectivity index (χ2n) is 4.43. The van der Waals surface area contributed by atoms with E-state index in [0.717, 1.165) is 0 Å². The minimum Gasteiger partial charge on any atom is -0.484 e. The lowest BCUT2D eigenvalue weighted by Gasteiger charge is -2.12. The fourth-order valence-electron chi connectivity index (χ4n) is 1.76. The van der Waals surface area contributed by atoms with E-state index in [1.165, 1.54) is 18.4 Å². The van der Waals surface area contributed by atoms with Crippen LogP contribution in [0.15, 0.2) is 47.1 Å². The van der Waals surface area contributed by atoms with Gasteiger partial charge in [0.2, 0.25) is 0 Å². The molecule has 0 bridgehead atoms. The standard InChI is InChI=1S/C15H15NO5/c1-10(13-6-3-7-20-13)16-14(17)9-21-12-5-2-4-11(8-12)15(18)19/h2-8,10H,9H2,1H3,(H,16,17)(H,18,19). The summed E-state index contributed by atoms with van der Waals surface area (Å²) in [6.45, 7) is 1.59. The lowest BCUT2D eigenvalue weighted by Crippen LogP contribution is -2.31. The Bertz CT molecular complexity index is 621. The van der Waals surface area contributed by atoms with Crippen molar-refractivity contribution in [2.45, 2.75) is 13.0 Å². The van der Waals surface area contributed by atoms with Crippen molar-refractivity contribution < 1.29 is 23.8 Å². The molecule has 1 unspecified atom stereocenters. The van der Waals surface area contributed by atoms with Gasteiger partial charge in [0, 0.05) is 0 Å². The van der Waals surface area contributed by atoms with Gasteiger partial charge in [-0.05, 0) is 37.3 Å². The van der Waals surface area contributed by atoms with Gasteiger partial charge in [-0.2, -0.15) is 0 Å². The molecule has 0 spiro atoms. The van der Waals surface area contributed by atoms with Gasteiger partial charge >= 0.3 is 5.97 Å². The summed E-state index contributed by atoms with van der Waals surface area (Å²) in [5.74, 6) is -0.386. The number of carbonyl (C=O) groups excluding carboxylic acids is 1. The number of rotatable bonds is 6. The molecule has 2 aromatic rings. The van der Waals surface area contributed by atoms with Gasteiger partial charge < -0.3 is 19.6 Å². The molecule has 1 amide bonds. The zero-order valence-corrected chi connectivity index (χ0v) is 11.4. The van der Waals surface area contributed by atoms with Crippen LogP contribution in [0.4, 0.5) is 0 Å². The Hall–Kier alpha value is -2.76. The first-order valence-corrected chi connectivity index (χ1v) is 6.35. The molecule has 0 fully saturated rings. The molecule has 6 nitrogen and oxygen atoms in total. The Kier molecular flexibility index (Phi) is 4.61. The maximum atomic E-state index is 11.7. The monoisotopic (exact) mass is 289 g/mol. The molecule has 2 rings (SSSR count). The van der Waals surface area contributed by atoms with Crippen LogP contribution < -0.4 is 10.1 Å². The summed E-state index contributed by atoms with van der Waals surface area (Å²) < 4.78 is 10.5. The second-order valence-corrected chi connectivity index (χ2v) is 4.43. The van der Waals surface area contributed by atoms with E-state index in [2.05, 4.69) is 5.32 Å². The molecule has 110 valence electrons. The fourth-order valence-corrected chi connectivity index (χ4v) is 1.76. The van der Waals surface area contributed by atoms with Crippen LogP contribution in [-0.2, 0) is 4.79 Å². The highest BCUT2D eigenvalue weighted by atomic mass is 16.5. The van der Waals surface area contributed by atoms with Gasteiger partial charge in [-0.15, -0.1) is 0 Å². The predicted molar refractivity (Wildman–Crippen MR) is 74.2 cm³/mol. The maximum absolute atomic E-state index is 11.7. The number of nitrogens with one attached hydrogen (secondary N) is 1. The van der Waals surface area contributed by atoms with Crippen molar-refractivity contribution in [3.8, 4) is 5.75 Å². The van der Waals surface area contributed by atoms with Gasteiger partial charge in [0.15, 0.2) is 6.61 Å². The van der Waals surface area contributed by atoms with E-state index in [9.17, 15) is 9.59 Å². The zero-order chi connectivity index (χ0) is 15.2. The highest BCUT2D eigenvalue weighted by Gasteiger charge is 2.12. The van der Waals surface area contributed by atoms with Crippen molar-refractivity contribution >= 4 is 11.9 Å². The van der Waals surface area contributed by atoms with Gasteiger partial charge in [-0.1, -0.05) is 6.07 Å². The molecule has 1 heterocycles. The number of hydrogen-bond donors (Lipinski definition) is 2. The van der Waals surface area contributed by atoms with Crippen molar-refractivity contribution in [2.75, 3.05) is 6.61 Å². The average Bonchev–Trinajstić information content (AvgIpc) is 2.99. The smallest absolute Gasteiger partial charge is 0.335 e. The number of carboxylic acid groups (broad SMARTS) is 1. The molecular weight excluding hydrogens is 274 g/mol. The quantitative estimate of drug-likeness (QED) is 0.851. The Labute approximate surface area is 121 Å². The first-order valence-electron chi connectivity index (χ1n) is 6.35. The first kappa shape index (κ1) is 14.6. The van der Waals surface area contributed by atoms with Crippen molar-refractivity contribution in [3.63, 3.8) is 0 Å². The van der Waals surface area contributed by atoms with Crippen LogP contribution in [0.2, 0.25) is 0 Å². The van der Waals surface area contributed by atoms with Crippen molar-refractivity contribution in [1.82, 2.24) is 5.32 Å². The van der Waals surface area contributed by atoms with Crippen LogP contribution in [0.1, 0.15) is 29.1 Å². The predicted octanol–water partition coefficient (Wildman–Crippen LogP) is 2.23. The van der Waals surface area contributed by atoms with Gasteiger partial charge in [0.05, 0.1) is 17.9 Å². The molecule has 21 heavy (non-hydrogen) atoms. The van der Waals surface area contributed by atoms with E-state index < -0.39 is 5.97 Å². The number of furan rings is 1. The SMILES string of the molecule is CC(NC(=O)COc1cccc(C(=O)O)c1)c1ccco1. The number of hydrogen-bond acceptors (Lipinski definition) is 4. The molecule has 0 saturated heterocycles. The summed E-state index contributed by atoms with van der Waals surface area (Å²) in [6.07, 6.45) is 1.53. The normalized spacial score (nSPS) is 11.7. The van der Waals surface area contributed by atoms with Crippen LogP contribution in [0.3, 0.4) is 0 Å². The minimum atomic E-state index is -1.05. The molecule has 1 aromatic heterocycles. The largest absolute Gasteiger partial charge is 0.484 e. The summed E-state index contributed by atoms with van der Waals surface area (Å²) in [6, 6.07) is 9.22. The molecule has 0 saturated carbocycles.